The van der Waals surface area contributed by atoms with Crippen LogP contribution in [0.3, 0.4) is 0 Å². The maximum absolute atomic E-state index is 13.5. The van der Waals surface area contributed by atoms with Crippen molar-refractivity contribution >= 4 is 50.9 Å². The van der Waals surface area contributed by atoms with E-state index in [2.05, 4.69) is 5.32 Å². The van der Waals surface area contributed by atoms with Crippen molar-refractivity contribution < 1.29 is 22.8 Å². The quantitative estimate of drug-likeness (QED) is 0.426. The van der Waals surface area contributed by atoms with Crippen molar-refractivity contribution in [1.29, 1.82) is 0 Å². The topological polar surface area (TPSA) is 104 Å². The van der Waals surface area contributed by atoms with Crippen LogP contribution in [-0.2, 0) is 26.2 Å². The molecule has 11 heteroatoms. The Bertz CT molecular complexity index is 1260. The number of fused-ring (bicyclic) bond motifs is 1. The number of hydrogen-bond acceptors (Lipinski definition) is 5. The molecule has 1 aliphatic heterocycles. The van der Waals surface area contributed by atoms with Gasteiger partial charge in [-0.25, -0.2) is 12.7 Å². The lowest BCUT2D eigenvalue weighted by Crippen LogP contribution is -2.50. The molecule has 200 valence electrons. The zero-order valence-corrected chi connectivity index (χ0v) is 23.4. The summed E-state index contributed by atoms with van der Waals surface area (Å²) < 4.78 is 26.4. The molecule has 2 unspecified atom stereocenters. The van der Waals surface area contributed by atoms with E-state index in [4.69, 9.17) is 23.2 Å². The second-order valence-corrected chi connectivity index (χ2v) is 11.6. The summed E-state index contributed by atoms with van der Waals surface area (Å²) in [6.45, 7) is 5.49. The van der Waals surface area contributed by atoms with Crippen LogP contribution in [0, 0.1) is 0 Å². The summed E-state index contributed by atoms with van der Waals surface area (Å²) in [5.74, 6) is -1.27. The highest BCUT2D eigenvalue weighted by molar-refractivity contribution is 7.90. The van der Waals surface area contributed by atoms with Crippen molar-refractivity contribution in [2.75, 3.05) is 6.54 Å². The lowest BCUT2D eigenvalue weighted by atomic mass is 10.1. The third-order valence-electron chi connectivity index (χ3n) is 6.44. The van der Waals surface area contributed by atoms with E-state index in [1.165, 1.54) is 17.0 Å². The summed E-state index contributed by atoms with van der Waals surface area (Å²) in [7, 11) is -3.96. The Morgan fingerprint density at radius 1 is 1.03 bits per heavy atom. The van der Waals surface area contributed by atoms with Gasteiger partial charge in [-0.1, -0.05) is 55.2 Å². The fourth-order valence-corrected chi connectivity index (χ4v) is 6.31. The van der Waals surface area contributed by atoms with Crippen molar-refractivity contribution in [2.24, 2.45) is 0 Å². The SMILES string of the molecule is CCC(C)NC(=O)C(CC)N(Cc1c(Cl)cccc1Cl)C(=O)CCCN1C(=O)c2ccccc2S1(=O)=O. The highest BCUT2D eigenvalue weighted by Gasteiger charge is 2.40. The number of carbonyl (C=O) groups excluding carboxylic acids is 3. The maximum atomic E-state index is 13.5. The Hall–Kier alpha value is -2.62. The van der Waals surface area contributed by atoms with Gasteiger partial charge >= 0.3 is 0 Å². The fraction of sp³-hybridized carbons (Fsp3) is 0.423. The number of amides is 3. The van der Waals surface area contributed by atoms with E-state index < -0.39 is 22.0 Å². The molecular weight excluding hydrogens is 537 g/mol. The first-order chi connectivity index (χ1) is 17.5. The lowest BCUT2D eigenvalue weighted by Gasteiger charge is -2.32. The molecule has 0 aromatic heterocycles. The highest BCUT2D eigenvalue weighted by Crippen LogP contribution is 2.31. The van der Waals surface area contributed by atoms with Crippen molar-refractivity contribution in [1.82, 2.24) is 14.5 Å². The minimum atomic E-state index is -3.96. The number of halogens is 2. The third kappa shape index (κ3) is 6.27. The Kier molecular flexibility index (Phi) is 9.61. The molecule has 37 heavy (non-hydrogen) atoms. The number of rotatable bonds is 11. The minimum absolute atomic E-state index is 0.0101. The number of benzene rings is 2. The summed E-state index contributed by atoms with van der Waals surface area (Å²) in [5, 5.41) is 3.67. The van der Waals surface area contributed by atoms with E-state index in [0.717, 1.165) is 10.7 Å². The molecular formula is C26H31Cl2N3O5S. The van der Waals surface area contributed by atoms with Crippen LogP contribution in [0.2, 0.25) is 10.0 Å². The molecule has 3 amide bonds. The maximum Gasteiger partial charge on any atom is 0.269 e. The molecule has 0 fully saturated rings. The van der Waals surface area contributed by atoms with E-state index in [0.29, 0.717) is 22.0 Å². The number of carbonyl (C=O) groups is 3. The smallest absolute Gasteiger partial charge is 0.269 e. The molecule has 1 aliphatic rings. The molecule has 2 aromatic carbocycles. The van der Waals surface area contributed by atoms with Crippen molar-refractivity contribution in [3.63, 3.8) is 0 Å². The minimum Gasteiger partial charge on any atom is -0.352 e. The number of sulfonamides is 1. The summed E-state index contributed by atoms with van der Waals surface area (Å²) >= 11 is 12.7. The van der Waals surface area contributed by atoms with Crippen LogP contribution in [0.4, 0.5) is 0 Å². The first-order valence-corrected chi connectivity index (χ1v) is 14.4. The Labute approximate surface area is 228 Å². The van der Waals surface area contributed by atoms with Gasteiger partial charge < -0.3 is 10.2 Å². The second kappa shape index (κ2) is 12.3. The van der Waals surface area contributed by atoms with Crippen LogP contribution in [-0.4, -0.2) is 54.0 Å². The van der Waals surface area contributed by atoms with Gasteiger partial charge in [0.25, 0.3) is 15.9 Å². The molecule has 3 rings (SSSR count). The van der Waals surface area contributed by atoms with Gasteiger partial charge in [0.2, 0.25) is 11.8 Å². The van der Waals surface area contributed by atoms with Crippen molar-refractivity contribution in [2.45, 2.75) is 70.0 Å². The number of hydrogen-bond donors (Lipinski definition) is 1. The van der Waals surface area contributed by atoms with Gasteiger partial charge in [-0.3, -0.25) is 14.4 Å². The first kappa shape index (κ1) is 28.9. The highest BCUT2D eigenvalue weighted by atomic mass is 35.5. The molecule has 0 spiro atoms. The van der Waals surface area contributed by atoms with Gasteiger partial charge in [-0.2, -0.15) is 0 Å². The van der Waals surface area contributed by atoms with E-state index in [1.54, 1.807) is 30.3 Å². The van der Waals surface area contributed by atoms with Crippen LogP contribution in [0.5, 0.6) is 0 Å². The molecule has 1 heterocycles. The van der Waals surface area contributed by atoms with E-state index >= 15 is 0 Å². The summed E-state index contributed by atoms with van der Waals surface area (Å²) in [6.07, 6.45) is 1.09. The molecule has 0 saturated heterocycles. The molecule has 0 aliphatic carbocycles. The van der Waals surface area contributed by atoms with E-state index in [-0.39, 0.29) is 54.2 Å². The second-order valence-electron chi connectivity index (χ2n) is 8.95. The van der Waals surface area contributed by atoms with Crippen LogP contribution in [0.25, 0.3) is 0 Å². The van der Waals surface area contributed by atoms with Crippen molar-refractivity contribution in [3.8, 4) is 0 Å². The largest absolute Gasteiger partial charge is 0.352 e. The average Bonchev–Trinajstić information content (AvgIpc) is 3.06. The molecule has 2 aromatic rings. The van der Waals surface area contributed by atoms with Gasteiger partial charge in [-0.15, -0.1) is 0 Å². The molecule has 0 bridgehead atoms. The Morgan fingerprint density at radius 3 is 2.27 bits per heavy atom. The predicted octanol–water partition coefficient (Wildman–Crippen LogP) is 4.64. The third-order valence-corrected chi connectivity index (χ3v) is 8.99. The molecule has 1 N–H and O–H groups in total. The average molecular weight is 569 g/mol. The van der Waals surface area contributed by atoms with Crippen LogP contribution >= 0.6 is 23.2 Å². The van der Waals surface area contributed by atoms with Gasteiger partial charge in [0.05, 0.1) is 5.56 Å². The summed E-state index contributed by atoms with van der Waals surface area (Å²) in [6, 6.07) is 10.2. The first-order valence-electron chi connectivity index (χ1n) is 12.2. The van der Waals surface area contributed by atoms with Crippen molar-refractivity contribution in [3.05, 3.63) is 63.6 Å². The molecule has 0 saturated carbocycles. The predicted molar refractivity (Wildman–Crippen MR) is 143 cm³/mol. The fourth-order valence-electron chi connectivity index (χ4n) is 4.18. The van der Waals surface area contributed by atoms with Crippen LogP contribution < -0.4 is 5.32 Å². The normalized spacial score (nSPS) is 15.7. The molecule has 2 atom stereocenters. The summed E-state index contributed by atoms with van der Waals surface area (Å²) in [5.41, 5.74) is 0.637. The zero-order chi connectivity index (χ0) is 27.3. The van der Waals surface area contributed by atoms with E-state index in [9.17, 15) is 22.8 Å². The molecule has 0 radical (unpaired) electrons. The van der Waals surface area contributed by atoms with Gasteiger partial charge in [-0.05, 0) is 50.5 Å². The van der Waals surface area contributed by atoms with Gasteiger partial charge in [0.1, 0.15) is 10.9 Å². The number of nitrogens with zero attached hydrogens (tertiary/aromatic N) is 2. The Balaban J connectivity index is 1.79. The Morgan fingerprint density at radius 2 is 1.68 bits per heavy atom. The van der Waals surface area contributed by atoms with Crippen LogP contribution in [0.1, 0.15) is 62.4 Å². The van der Waals surface area contributed by atoms with Gasteiger partial charge in [0.15, 0.2) is 0 Å². The van der Waals surface area contributed by atoms with E-state index in [1.807, 2.05) is 20.8 Å². The standard InChI is InChI=1S/C26H31Cl2N3O5S/c1-4-17(3)29-25(33)22(5-2)30(16-19-20(27)11-8-12-21(19)28)24(32)14-9-15-31-26(34)18-10-6-7-13-23(18)37(31,35)36/h6-8,10-13,17,22H,4-5,9,14-16H2,1-3H3,(H,29,33). The number of nitrogens with one attached hydrogen (secondary N) is 1. The van der Waals surface area contributed by atoms with Crippen LogP contribution in [0.15, 0.2) is 47.4 Å². The van der Waals surface area contributed by atoms with Gasteiger partial charge in [0, 0.05) is 41.2 Å². The lowest BCUT2D eigenvalue weighted by molar-refractivity contribution is -0.141. The zero-order valence-electron chi connectivity index (χ0n) is 21.0. The monoisotopic (exact) mass is 567 g/mol. The molecule has 8 nitrogen and oxygen atoms in total. The summed E-state index contributed by atoms with van der Waals surface area (Å²) in [4.78, 5) is 40.6.